The monoisotopic (exact) mass is 466 g/mol. The van der Waals surface area contributed by atoms with E-state index in [0.29, 0.717) is 0 Å². The van der Waals surface area contributed by atoms with E-state index in [-0.39, 0.29) is 5.41 Å². The zero-order valence-corrected chi connectivity index (χ0v) is 19.9. The lowest BCUT2D eigenvalue weighted by atomic mass is 9.67. The highest BCUT2D eigenvalue weighted by Crippen LogP contribution is 2.59. The maximum absolute atomic E-state index is 3.78. The van der Waals surface area contributed by atoms with Crippen LogP contribution in [0, 0.1) is 13.8 Å². The molecule has 0 N–H and O–H groups in total. The fourth-order valence-electron chi connectivity index (χ4n) is 6.26. The largest absolute Gasteiger partial charge is 0.0616 e. The van der Waals surface area contributed by atoms with Gasteiger partial charge in [-0.1, -0.05) is 89.3 Å². The summed E-state index contributed by atoms with van der Waals surface area (Å²) in [6, 6.07) is 25.5. The second-order valence-corrected chi connectivity index (χ2v) is 10.5. The van der Waals surface area contributed by atoms with Crippen LogP contribution in [0.25, 0.3) is 33.0 Å². The molecule has 2 aliphatic rings. The normalized spacial score (nSPS) is 16.5. The average molecular weight is 467 g/mol. The van der Waals surface area contributed by atoms with Crippen LogP contribution in [0.4, 0.5) is 0 Å². The second-order valence-electron chi connectivity index (χ2n) is 9.54. The molecule has 0 saturated heterocycles. The number of benzene rings is 4. The van der Waals surface area contributed by atoms with Gasteiger partial charge in [-0.3, -0.25) is 0 Å². The summed E-state index contributed by atoms with van der Waals surface area (Å²) < 4.78 is 1.20. The third-order valence-electron chi connectivity index (χ3n) is 7.72. The SMILES string of the molecule is Cc1ccc(C)c(-c2cc3c(c4ccccc24)-c2ccc(Br)cc2C32CCCCC2)c1. The Morgan fingerprint density at radius 1 is 0.677 bits per heavy atom. The molecule has 0 heterocycles. The molecule has 6 rings (SSSR count). The molecule has 154 valence electrons. The van der Waals surface area contributed by atoms with Gasteiger partial charge in [-0.05, 0) is 94.6 Å². The van der Waals surface area contributed by atoms with Gasteiger partial charge in [0, 0.05) is 9.89 Å². The molecule has 1 saturated carbocycles. The molecule has 0 aliphatic heterocycles. The molecular formula is C30H27Br. The van der Waals surface area contributed by atoms with E-state index in [4.69, 9.17) is 0 Å². The van der Waals surface area contributed by atoms with Gasteiger partial charge in [-0.2, -0.15) is 0 Å². The van der Waals surface area contributed by atoms with Crippen LogP contribution < -0.4 is 0 Å². The van der Waals surface area contributed by atoms with Crippen LogP contribution in [-0.2, 0) is 5.41 Å². The molecule has 4 aromatic carbocycles. The van der Waals surface area contributed by atoms with Gasteiger partial charge in [-0.25, -0.2) is 0 Å². The minimum absolute atomic E-state index is 0.156. The van der Waals surface area contributed by atoms with Crippen molar-refractivity contribution < 1.29 is 0 Å². The first-order chi connectivity index (χ1) is 15.1. The van der Waals surface area contributed by atoms with Gasteiger partial charge in [0.25, 0.3) is 0 Å². The highest BCUT2D eigenvalue weighted by atomic mass is 79.9. The fraction of sp³-hybridized carbons (Fsp3) is 0.267. The van der Waals surface area contributed by atoms with Crippen LogP contribution in [0.3, 0.4) is 0 Å². The Morgan fingerprint density at radius 2 is 1.45 bits per heavy atom. The number of halogens is 1. The Kier molecular flexibility index (Phi) is 4.40. The van der Waals surface area contributed by atoms with E-state index in [1.54, 1.807) is 11.1 Å². The summed E-state index contributed by atoms with van der Waals surface area (Å²) >= 11 is 3.78. The summed E-state index contributed by atoms with van der Waals surface area (Å²) in [7, 11) is 0. The standard InChI is InChI=1S/C30H27Br/c1-19-10-11-20(2)25(16-19)26-18-28-29(23-9-5-4-8-22(23)26)24-13-12-21(31)17-27(24)30(28)14-6-3-7-15-30/h4-5,8-13,16-18H,3,6-7,14-15H2,1-2H3. The van der Waals surface area contributed by atoms with Crippen molar-refractivity contribution in [3.8, 4) is 22.3 Å². The number of hydrogen-bond acceptors (Lipinski definition) is 0. The van der Waals surface area contributed by atoms with E-state index in [2.05, 4.69) is 96.5 Å². The van der Waals surface area contributed by atoms with Crippen LogP contribution in [0.2, 0.25) is 0 Å². The summed E-state index contributed by atoms with van der Waals surface area (Å²) in [5.74, 6) is 0. The molecule has 0 aromatic heterocycles. The Hall–Kier alpha value is -2.38. The molecule has 1 spiro atoms. The van der Waals surface area contributed by atoms with Crippen LogP contribution >= 0.6 is 15.9 Å². The molecule has 1 heteroatoms. The lowest BCUT2D eigenvalue weighted by Crippen LogP contribution is -2.28. The van der Waals surface area contributed by atoms with Gasteiger partial charge in [-0.15, -0.1) is 0 Å². The topological polar surface area (TPSA) is 0 Å². The lowest BCUT2D eigenvalue weighted by Gasteiger charge is -2.36. The Labute approximate surface area is 193 Å². The van der Waals surface area contributed by atoms with Crippen LogP contribution in [-0.4, -0.2) is 0 Å². The zero-order valence-electron chi connectivity index (χ0n) is 18.3. The number of rotatable bonds is 1. The van der Waals surface area contributed by atoms with Gasteiger partial charge in [0.1, 0.15) is 0 Å². The molecule has 0 radical (unpaired) electrons. The summed E-state index contributed by atoms with van der Waals surface area (Å²) in [4.78, 5) is 0. The Morgan fingerprint density at radius 3 is 2.26 bits per heavy atom. The molecule has 31 heavy (non-hydrogen) atoms. The second kappa shape index (κ2) is 7.07. The molecule has 4 aromatic rings. The Bertz CT molecular complexity index is 1340. The zero-order chi connectivity index (χ0) is 21.2. The van der Waals surface area contributed by atoms with Gasteiger partial charge in [0.2, 0.25) is 0 Å². The maximum Gasteiger partial charge on any atom is 0.0216 e. The lowest BCUT2D eigenvalue weighted by molar-refractivity contribution is 0.353. The first-order valence-corrected chi connectivity index (χ1v) is 12.3. The average Bonchev–Trinajstić information content (AvgIpc) is 3.04. The number of hydrogen-bond donors (Lipinski definition) is 0. The minimum atomic E-state index is 0.156. The molecule has 0 atom stereocenters. The van der Waals surface area contributed by atoms with Crippen molar-refractivity contribution >= 4 is 26.7 Å². The van der Waals surface area contributed by atoms with E-state index < -0.39 is 0 Å². The van der Waals surface area contributed by atoms with E-state index in [9.17, 15) is 0 Å². The summed E-state index contributed by atoms with van der Waals surface area (Å²) in [6.07, 6.45) is 6.51. The highest BCUT2D eigenvalue weighted by molar-refractivity contribution is 9.10. The maximum atomic E-state index is 3.78. The fourth-order valence-corrected chi connectivity index (χ4v) is 6.62. The molecule has 0 bridgehead atoms. The number of aryl methyl sites for hydroxylation is 2. The first kappa shape index (κ1) is 19.3. The smallest absolute Gasteiger partial charge is 0.0216 e. The van der Waals surface area contributed by atoms with Gasteiger partial charge < -0.3 is 0 Å². The first-order valence-electron chi connectivity index (χ1n) is 11.5. The van der Waals surface area contributed by atoms with Gasteiger partial charge in [0.15, 0.2) is 0 Å². The highest BCUT2D eigenvalue weighted by Gasteiger charge is 2.44. The van der Waals surface area contributed by atoms with Crippen LogP contribution in [0.15, 0.2) is 71.2 Å². The molecule has 1 fully saturated rings. The predicted molar refractivity (Wildman–Crippen MR) is 136 cm³/mol. The van der Waals surface area contributed by atoms with Crippen molar-refractivity contribution in [2.75, 3.05) is 0 Å². The number of fused-ring (bicyclic) bond motifs is 7. The van der Waals surface area contributed by atoms with E-state index in [0.717, 1.165) is 0 Å². The predicted octanol–water partition coefficient (Wildman–Crippen LogP) is 9.12. The van der Waals surface area contributed by atoms with Gasteiger partial charge >= 0.3 is 0 Å². The van der Waals surface area contributed by atoms with E-state index >= 15 is 0 Å². The Balaban J connectivity index is 1.75. The van der Waals surface area contributed by atoms with Crippen molar-refractivity contribution in [1.29, 1.82) is 0 Å². The summed E-state index contributed by atoms with van der Waals surface area (Å²) in [5.41, 5.74) is 11.6. The van der Waals surface area contributed by atoms with Crippen molar-refractivity contribution in [1.82, 2.24) is 0 Å². The van der Waals surface area contributed by atoms with Crippen molar-refractivity contribution in [3.05, 3.63) is 93.5 Å². The molecule has 0 amide bonds. The minimum Gasteiger partial charge on any atom is -0.0616 e. The van der Waals surface area contributed by atoms with Gasteiger partial charge in [0.05, 0.1) is 0 Å². The van der Waals surface area contributed by atoms with Crippen molar-refractivity contribution in [2.45, 2.75) is 51.4 Å². The molecular weight excluding hydrogens is 440 g/mol. The summed E-state index contributed by atoms with van der Waals surface area (Å²) in [5, 5.41) is 2.78. The molecule has 0 unspecified atom stereocenters. The molecule has 2 aliphatic carbocycles. The van der Waals surface area contributed by atoms with Crippen LogP contribution in [0.1, 0.15) is 54.4 Å². The third kappa shape index (κ3) is 2.79. The third-order valence-corrected chi connectivity index (χ3v) is 8.21. The summed E-state index contributed by atoms with van der Waals surface area (Å²) in [6.45, 7) is 4.45. The quantitative estimate of drug-likeness (QED) is 0.262. The van der Waals surface area contributed by atoms with Crippen molar-refractivity contribution in [3.63, 3.8) is 0 Å². The van der Waals surface area contributed by atoms with E-state index in [1.807, 2.05) is 0 Å². The van der Waals surface area contributed by atoms with E-state index in [1.165, 1.54) is 80.7 Å². The molecule has 0 nitrogen and oxygen atoms in total. The van der Waals surface area contributed by atoms with Crippen molar-refractivity contribution in [2.24, 2.45) is 0 Å². The van der Waals surface area contributed by atoms with Crippen LogP contribution in [0.5, 0.6) is 0 Å².